The number of β-amino-alcohol motifs (C(OH)–C–C–N with tert-alkyl or cyclic N) is 1. The van der Waals surface area contributed by atoms with E-state index in [9.17, 15) is 9.90 Å². The van der Waals surface area contributed by atoms with E-state index in [4.69, 9.17) is 0 Å². The molecule has 3 heteroatoms. The standard InChI is InChI=1S/C11H21NO2/c1-4-5-10(14)12-7-6-11(2,3)9(13)8-12/h9,13H,4-8H2,1-3H3. The molecule has 82 valence electrons. The van der Waals surface area contributed by atoms with Gasteiger partial charge in [0, 0.05) is 19.5 Å². The summed E-state index contributed by atoms with van der Waals surface area (Å²) < 4.78 is 0. The Labute approximate surface area is 86.1 Å². The van der Waals surface area contributed by atoms with Crippen molar-refractivity contribution in [3.8, 4) is 0 Å². The number of piperidine rings is 1. The van der Waals surface area contributed by atoms with Crippen molar-refractivity contribution in [2.45, 2.75) is 46.1 Å². The molecule has 0 saturated carbocycles. The lowest BCUT2D eigenvalue weighted by Crippen LogP contribution is -2.50. The van der Waals surface area contributed by atoms with Crippen LogP contribution in [-0.4, -0.2) is 35.1 Å². The van der Waals surface area contributed by atoms with E-state index < -0.39 is 0 Å². The van der Waals surface area contributed by atoms with Gasteiger partial charge in [-0.3, -0.25) is 4.79 Å². The second-order valence-corrected chi connectivity index (χ2v) is 4.84. The number of nitrogens with zero attached hydrogens (tertiary/aromatic N) is 1. The third-order valence-electron chi connectivity index (χ3n) is 3.14. The van der Waals surface area contributed by atoms with Crippen molar-refractivity contribution in [1.82, 2.24) is 4.90 Å². The van der Waals surface area contributed by atoms with Gasteiger partial charge in [-0.2, -0.15) is 0 Å². The highest BCUT2D eigenvalue weighted by atomic mass is 16.3. The first-order valence-electron chi connectivity index (χ1n) is 5.43. The molecule has 0 spiro atoms. The lowest BCUT2D eigenvalue weighted by molar-refractivity contribution is -0.137. The Morgan fingerprint density at radius 3 is 2.71 bits per heavy atom. The molecule has 0 aromatic carbocycles. The number of hydrogen-bond donors (Lipinski definition) is 1. The average molecular weight is 199 g/mol. The van der Waals surface area contributed by atoms with Gasteiger partial charge in [0.15, 0.2) is 0 Å². The average Bonchev–Trinajstić information content (AvgIpc) is 2.10. The van der Waals surface area contributed by atoms with E-state index in [-0.39, 0.29) is 17.4 Å². The minimum Gasteiger partial charge on any atom is -0.391 e. The fourth-order valence-electron chi connectivity index (χ4n) is 1.74. The summed E-state index contributed by atoms with van der Waals surface area (Å²) in [6.07, 6.45) is 2.00. The molecule has 1 N–H and O–H groups in total. The summed E-state index contributed by atoms with van der Waals surface area (Å²) in [4.78, 5) is 13.4. The normalized spacial score (nSPS) is 26.3. The van der Waals surface area contributed by atoms with Gasteiger partial charge >= 0.3 is 0 Å². The second-order valence-electron chi connectivity index (χ2n) is 4.84. The van der Waals surface area contributed by atoms with Gasteiger partial charge in [-0.1, -0.05) is 20.8 Å². The molecule has 0 bridgehead atoms. The van der Waals surface area contributed by atoms with E-state index in [1.54, 1.807) is 4.90 Å². The highest BCUT2D eigenvalue weighted by Crippen LogP contribution is 2.30. The Balaban J connectivity index is 2.50. The Morgan fingerprint density at radius 2 is 2.21 bits per heavy atom. The number of amides is 1. The van der Waals surface area contributed by atoms with Crippen LogP contribution in [0.5, 0.6) is 0 Å². The molecule has 14 heavy (non-hydrogen) atoms. The molecule has 0 aromatic rings. The summed E-state index contributed by atoms with van der Waals surface area (Å²) in [5.74, 6) is 0.182. The number of hydrogen-bond acceptors (Lipinski definition) is 2. The summed E-state index contributed by atoms with van der Waals surface area (Å²) in [5, 5.41) is 9.83. The van der Waals surface area contributed by atoms with Crippen molar-refractivity contribution in [2.24, 2.45) is 5.41 Å². The molecule has 3 nitrogen and oxygen atoms in total. The monoisotopic (exact) mass is 199 g/mol. The molecule has 1 atom stereocenters. The highest BCUT2D eigenvalue weighted by Gasteiger charge is 2.35. The number of carbonyl (C=O) groups is 1. The molecule has 1 amide bonds. The van der Waals surface area contributed by atoms with Crippen LogP contribution in [0.2, 0.25) is 0 Å². The maximum atomic E-state index is 11.6. The van der Waals surface area contributed by atoms with Crippen molar-refractivity contribution in [3.05, 3.63) is 0 Å². The Kier molecular flexibility index (Phi) is 3.53. The second kappa shape index (κ2) is 4.30. The number of aliphatic hydroxyl groups is 1. The first-order chi connectivity index (χ1) is 6.47. The largest absolute Gasteiger partial charge is 0.391 e. The van der Waals surface area contributed by atoms with Crippen LogP contribution < -0.4 is 0 Å². The van der Waals surface area contributed by atoms with E-state index in [2.05, 4.69) is 13.8 Å². The summed E-state index contributed by atoms with van der Waals surface area (Å²) >= 11 is 0. The lowest BCUT2D eigenvalue weighted by Gasteiger charge is -2.41. The number of aliphatic hydroxyl groups excluding tert-OH is 1. The maximum absolute atomic E-state index is 11.6. The summed E-state index contributed by atoms with van der Waals surface area (Å²) in [7, 11) is 0. The van der Waals surface area contributed by atoms with Crippen LogP contribution in [0.25, 0.3) is 0 Å². The molecule has 1 heterocycles. The van der Waals surface area contributed by atoms with E-state index in [0.717, 1.165) is 19.4 Å². The molecule has 1 fully saturated rings. The molecular formula is C11H21NO2. The van der Waals surface area contributed by atoms with Gasteiger partial charge < -0.3 is 10.0 Å². The van der Waals surface area contributed by atoms with Crippen molar-refractivity contribution in [3.63, 3.8) is 0 Å². The van der Waals surface area contributed by atoms with E-state index in [0.29, 0.717) is 13.0 Å². The van der Waals surface area contributed by atoms with Gasteiger partial charge in [-0.05, 0) is 18.3 Å². The van der Waals surface area contributed by atoms with Gasteiger partial charge in [0.1, 0.15) is 0 Å². The summed E-state index contributed by atoms with van der Waals surface area (Å²) in [6, 6.07) is 0. The molecule has 0 aromatic heterocycles. The molecular weight excluding hydrogens is 178 g/mol. The molecule has 1 unspecified atom stereocenters. The molecule has 1 aliphatic heterocycles. The van der Waals surface area contributed by atoms with Crippen LogP contribution in [0.3, 0.4) is 0 Å². The van der Waals surface area contributed by atoms with Gasteiger partial charge in [-0.25, -0.2) is 0 Å². The van der Waals surface area contributed by atoms with Crippen molar-refractivity contribution in [2.75, 3.05) is 13.1 Å². The molecule has 1 saturated heterocycles. The van der Waals surface area contributed by atoms with E-state index >= 15 is 0 Å². The predicted octanol–water partition coefficient (Wildman–Crippen LogP) is 1.41. The van der Waals surface area contributed by atoms with Crippen LogP contribution in [0.4, 0.5) is 0 Å². The summed E-state index contributed by atoms with van der Waals surface area (Å²) in [6.45, 7) is 7.41. The Bertz CT molecular complexity index is 213. The SMILES string of the molecule is CCCC(=O)N1CCC(C)(C)C(O)C1. The van der Waals surface area contributed by atoms with E-state index in [1.165, 1.54) is 0 Å². The molecule has 1 rings (SSSR count). The Morgan fingerprint density at radius 1 is 1.57 bits per heavy atom. The highest BCUT2D eigenvalue weighted by molar-refractivity contribution is 5.76. The zero-order valence-electron chi connectivity index (χ0n) is 9.42. The fraction of sp³-hybridized carbons (Fsp3) is 0.909. The first-order valence-corrected chi connectivity index (χ1v) is 5.43. The zero-order valence-corrected chi connectivity index (χ0v) is 9.42. The molecule has 0 aliphatic carbocycles. The van der Waals surface area contributed by atoms with Crippen LogP contribution in [0.15, 0.2) is 0 Å². The van der Waals surface area contributed by atoms with Gasteiger partial charge in [0.2, 0.25) is 5.91 Å². The van der Waals surface area contributed by atoms with Gasteiger partial charge in [0.25, 0.3) is 0 Å². The summed E-state index contributed by atoms with van der Waals surface area (Å²) in [5.41, 5.74) is -0.0387. The smallest absolute Gasteiger partial charge is 0.222 e. The van der Waals surface area contributed by atoms with Gasteiger partial charge in [-0.15, -0.1) is 0 Å². The van der Waals surface area contributed by atoms with Crippen molar-refractivity contribution >= 4 is 5.91 Å². The van der Waals surface area contributed by atoms with Crippen LogP contribution in [0.1, 0.15) is 40.0 Å². The van der Waals surface area contributed by atoms with Crippen molar-refractivity contribution in [1.29, 1.82) is 0 Å². The van der Waals surface area contributed by atoms with Crippen molar-refractivity contribution < 1.29 is 9.90 Å². The third kappa shape index (κ3) is 2.47. The van der Waals surface area contributed by atoms with Crippen LogP contribution in [0, 0.1) is 5.41 Å². The minimum absolute atomic E-state index is 0.0387. The van der Waals surface area contributed by atoms with Gasteiger partial charge in [0.05, 0.1) is 6.10 Å². The van der Waals surface area contributed by atoms with Crippen LogP contribution >= 0.6 is 0 Å². The number of carbonyl (C=O) groups excluding carboxylic acids is 1. The predicted molar refractivity (Wildman–Crippen MR) is 55.9 cm³/mol. The quantitative estimate of drug-likeness (QED) is 0.730. The third-order valence-corrected chi connectivity index (χ3v) is 3.14. The molecule has 1 aliphatic rings. The minimum atomic E-state index is -0.378. The van der Waals surface area contributed by atoms with E-state index in [1.807, 2.05) is 6.92 Å². The maximum Gasteiger partial charge on any atom is 0.222 e. The molecule has 0 radical (unpaired) electrons. The fourth-order valence-corrected chi connectivity index (χ4v) is 1.74. The first kappa shape index (κ1) is 11.5. The topological polar surface area (TPSA) is 40.5 Å². The number of likely N-dealkylation sites (tertiary alicyclic amines) is 1. The lowest BCUT2D eigenvalue weighted by atomic mass is 9.80. The zero-order chi connectivity index (χ0) is 10.8. The van der Waals surface area contributed by atoms with Crippen LogP contribution in [-0.2, 0) is 4.79 Å². The number of rotatable bonds is 2. The Hall–Kier alpha value is -0.570.